The SMILES string of the molecule is CCC1CSC(=NCCNC(=O)C2CC2)N1. The zero-order valence-corrected chi connectivity index (χ0v) is 10.5. The summed E-state index contributed by atoms with van der Waals surface area (Å²) in [4.78, 5) is 15.7. The number of carbonyl (C=O) groups excluding carboxylic acids is 1. The molecule has 4 nitrogen and oxygen atoms in total. The minimum Gasteiger partial charge on any atom is -0.361 e. The van der Waals surface area contributed by atoms with Crippen LogP contribution in [-0.2, 0) is 4.79 Å². The van der Waals surface area contributed by atoms with Crippen molar-refractivity contribution in [3.63, 3.8) is 0 Å². The fourth-order valence-corrected chi connectivity index (χ4v) is 2.69. The van der Waals surface area contributed by atoms with Crippen LogP contribution >= 0.6 is 11.8 Å². The van der Waals surface area contributed by atoms with Crippen LogP contribution in [0.3, 0.4) is 0 Å². The van der Waals surface area contributed by atoms with Gasteiger partial charge in [-0.2, -0.15) is 0 Å². The van der Waals surface area contributed by atoms with Gasteiger partial charge < -0.3 is 10.6 Å². The highest BCUT2D eigenvalue weighted by Crippen LogP contribution is 2.28. The summed E-state index contributed by atoms with van der Waals surface area (Å²) in [6, 6.07) is 0.574. The number of nitrogens with one attached hydrogen (secondary N) is 2. The average Bonchev–Trinajstić information content (AvgIpc) is 3.04. The van der Waals surface area contributed by atoms with E-state index in [9.17, 15) is 4.79 Å². The lowest BCUT2D eigenvalue weighted by Crippen LogP contribution is -2.29. The van der Waals surface area contributed by atoms with Crippen LogP contribution in [0.25, 0.3) is 0 Å². The number of amidine groups is 1. The molecule has 2 N–H and O–H groups in total. The molecule has 5 heteroatoms. The van der Waals surface area contributed by atoms with Crippen molar-refractivity contribution in [1.82, 2.24) is 10.6 Å². The van der Waals surface area contributed by atoms with Gasteiger partial charge in [-0.05, 0) is 19.3 Å². The molecule has 2 rings (SSSR count). The van der Waals surface area contributed by atoms with Gasteiger partial charge in [-0.25, -0.2) is 0 Å². The number of carbonyl (C=O) groups is 1. The minimum atomic E-state index is 0.207. The van der Waals surface area contributed by atoms with E-state index in [0.29, 0.717) is 25.0 Å². The number of nitrogens with zero attached hydrogens (tertiary/aromatic N) is 1. The molecule has 0 aromatic carbocycles. The second-order valence-corrected chi connectivity index (χ2v) is 5.32. The van der Waals surface area contributed by atoms with Crippen molar-refractivity contribution >= 4 is 22.8 Å². The summed E-state index contributed by atoms with van der Waals surface area (Å²) >= 11 is 1.78. The maximum atomic E-state index is 11.3. The molecule has 1 aliphatic carbocycles. The second kappa shape index (κ2) is 5.57. The van der Waals surface area contributed by atoms with E-state index in [1.165, 1.54) is 0 Å². The Kier molecular flexibility index (Phi) is 4.09. The molecule has 1 amide bonds. The fourth-order valence-electron chi connectivity index (χ4n) is 1.58. The van der Waals surface area contributed by atoms with E-state index in [2.05, 4.69) is 22.5 Å². The Labute approximate surface area is 101 Å². The first-order valence-electron chi connectivity index (χ1n) is 6.01. The van der Waals surface area contributed by atoms with E-state index in [0.717, 1.165) is 30.2 Å². The number of aliphatic imine (C=N–C) groups is 1. The topological polar surface area (TPSA) is 53.5 Å². The normalized spacial score (nSPS) is 26.8. The third-order valence-corrected chi connectivity index (χ3v) is 3.95. The van der Waals surface area contributed by atoms with Crippen molar-refractivity contribution in [2.75, 3.05) is 18.8 Å². The Balaban J connectivity index is 1.60. The zero-order chi connectivity index (χ0) is 11.4. The van der Waals surface area contributed by atoms with Gasteiger partial charge in [0.05, 0.1) is 6.54 Å². The van der Waals surface area contributed by atoms with Gasteiger partial charge in [0.25, 0.3) is 0 Å². The Morgan fingerprint density at radius 1 is 1.62 bits per heavy atom. The molecule has 2 aliphatic rings. The summed E-state index contributed by atoms with van der Waals surface area (Å²) in [6.07, 6.45) is 3.27. The van der Waals surface area contributed by atoms with Crippen LogP contribution < -0.4 is 10.6 Å². The van der Waals surface area contributed by atoms with Crippen LogP contribution in [0.5, 0.6) is 0 Å². The first kappa shape index (κ1) is 11.8. The maximum Gasteiger partial charge on any atom is 0.223 e. The van der Waals surface area contributed by atoms with Gasteiger partial charge in [0.15, 0.2) is 5.17 Å². The molecule has 0 aromatic rings. The minimum absolute atomic E-state index is 0.207. The van der Waals surface area contributed by atoms with E-state index in [-0.39, 0.29) is 5.91 Å². The molecule has 1 aliphatic heterocycles. The van der Waals surface area contributed by atoms with Crippen LogP contribution in [0, 0.1) is 5.92 Å². The van der Waals surface area contributed by atoms with E-state index in [4.69, 9.17) is 0 Å². The molecule has 1 saturated heterocycles. The van der Waals surface area contributed by atoms with Gasteiger partial charge in [0, 0.05) is 24.3 Å². The number of hydrogen-bond acceptors (Lipinski definition) is 3. The maximum absolute atomic E-state index is 11.3. The highest BCUT2D eigenvalue weighted by molar-refractivity contribution is 8.14. The predicted molar refractivity (Wildman–Crippen MR) is 67.7 cm³/mol. The quantitative estimate of drug-likeness (QED) is 0.706. The van der Waals surface area contributed by atoms with Crippen LogP contribution in [-0.4, -0.2) is 36.0 Å². The standard InChI is InChI=1S/C11H19N3OS/c1-2-9-7-16-11(14-9)13-6-5-12-10(15)8-3-4-8/h8-9H,2-7H2,1H3,(H,12,15)(H,13,14). The van der Waals surface area contributed by atoms with E-state index in [1.807, 2.05) is 0 Å². The summed E-state index contributed by atoms with van der Waals surface area (Å²) < 4.78 is 0. The van der Waals surface area contributed by atoms with Crippen LogP contribution in [0.4, 0.5) is 0 Å². The Hall–Kier alpha value is -0.710. The second-order valence-electron chi connectivity index (χ2n) is 4.31. The molecule has 2 fully saturated rings. The first-order chi connectivity index (χ1) is 7.79. The Morgan fingerprint density at radius 2 is 2.44 bits per heavy atom. The van der Waals surface area contributed by atoms with Crippen molar-refractivity contribution in [3.05, 3.63) is 0 Å². The fraction of sp³-hybridized carbons (Fsp3) is 0.818. The van der Waals surface area contributed by atoms with Gasteiger partial charge in [0.1, 0.15) is 0 Å². The monoisotopic (exact) mass is 241 g/mol. The third kappa shape index (κ3) is 3.40. The summed E-state index contributed by atoms with van der Waals surface area (Å²) in [5, 5.41) is 7.31. The van der Waals surface area contributed by atoms with Crippen LogP contribution in [0.1, 0.15) is 26.2 Å². The van der Waals surface area contributed by atoms with Gasteiger partial charge in [0.2, 0.25) is 5.91 Å². The smallest absolute Gasteiger partial charge is 0.223 e. The summed E-state index contributed by atoms with van der Waals surface area (Å²) in [6.45, 7) is 3.53. The molecule has 0 spiro atoms. The third-order valence-electron chi connectivity index (χ3n) is 2.86. The summed E-state index contributed by atoms with van der Waals surface area (Å²) in [7, 11) is 0. The molecule has 1 saturated carbocycles. The van der Waals surface area contributed by atoms with Crippen LogP contribution in [0.2, 0.25) is 0 Å². The van der Waals surface area contributed by atoms with Crippen molar-refractivity contribution in [3.8, 4) is 0 Å². The van der Waals surface area contributed by atoms with E-state index >= 15 is 0 Å². The van der Waals surface area contributed by atoms with Crippen molar-refractivity contribution in [2.24, 2.45) is 10.9 Å². The molecule has 1 heterocycles. The number of rotatable bonds is 5. The highest BCUT2D eigenvalue weighted by Gasteiger charge is 2.28. The van der Waals surface area contributed by atoms with E-state index in [1.54, 1.807) is 11.8 Å². The molecule has 1 atom stereocenters. The first-order valence-corrected chi connectivity index (χ1v) is 6.99. The highest BCUT2D eigenvalue weighted by atomic mass is 32.2. The molecule has 0 radical (unpaired) electrons. The Bertz CT molecular complexity index is 289. The van der Waals surface area contributed by atoms with Gasteiger partial charge in [-0.1, -0.05) is 18.7 Å². The van der Waals surface area contributed by atoms with E-state index < -0.39 is 0 Å². The van der Waals surface area contributed by atoms with Crippen molar-refractivity contribution in [1.29, 1.82) is 0 Å². The van der Waals surface area contributed by atoms with Crippen molar-refractivity contribution in [2.45, 2.75) is 32.2 Å². The number of hydrogen-bond donors (Lipinski definition) is 2. The average molecular weight is 241 g/mol. The van der Waals surface area contributed by atoms with Crippen molar-refractivity contribution < 1.29 is 4.79 Å². The largest absolute Gasteiger partial charge is 0.361 e. The molecular formula is C11H19N3OS. The molecule has 16 heavy (non-hydrogen) atoms. The predicted octanol–water partition coefficient (Wildman–Crippen LogP) is 0.984. The lowest BCUT2D eigenvalue weighted by atomic mass is 10.3. The van der Waals surface area contributed by atoms with Gasteiger partial charge in [-0.3, -0.25) is 9.79 Å². The lowest BCUT2D eigenvalue weighted by molar-refractivity contribution is -0.122. The van der Waals surface area contributed by atoms with Gasteiger partial charge >= 0.3 is 0 Å². The number of amides is 1. The van der Waals surface area contributed by atoms with Gasteiger partial charge in [-0.15, -0.1) is 0 Å². The number of thioether (sulfide) groups is 1. The molecular weight excluding hydrogens is 222 g/mol. The summed E-state index contributed by atoms with van der Waals surface area (Å²) in [5.74, 6) is 1.62. The lowest BCUT2D eigenvalue weighted by Gasteiger charge is -2.05. The molecule has 90 valence electrons. The van der Waals surface area contributed by atoms with Crippen LogP contribution in [0.15, 0.2) is 4.99 Å². The molecule has 0 bridgehead atoms. The molecule has 0 aromatic heterocycles. The molecule has 1 unspecified atom stereocenters. The zero-order valence-electron chi connectivity index (χ0n) is 9.66. The Morgan fingerprint density at radius 3 is 3.06 bits per heavy atom. The summed E-state index contributed by atoms with van der Waals surface area (Å²) in [5.41, 5.74) is 0.